The minimum atomic E-state index is -0.757. The fourth-order valence-electron chi connectivity index (χ4n) is 2.80. The Morgan fingerprint density at radius 3 is 3.05 bits per heavy atom. The first-order valence-corrected chi connectivity index (χ1v) is 7.05. The molecule has 0 radical (unpaired) electrons. The molecule has 1 saturated heterocycles. The summed E-state index contributed by atoms with van der Waals surface area (Å²) in [6, 6.07) is 5.59. The molecule has 112 valence electrons. The third-order valence-electron chi connectivity index (χ3n) is 4.14. The van der Waals surface area contributed by atoms with Gasteiger partial charge in [-0.25, -0.2) is 0 Å². The highest BCUT2D eigenvalue weighted by Gasteiger charge is 2.29. The van der Waals surface area contributed by atoms with Gasteiger partial charge in [-0.2, -0.15) is 0 Å². The zero-order chi connectivity index (χ0) is 15.0. The first-order chi connectivity index (χ1) is 10.0. The number of aromatic nitrogens is 1. The van der Waals surface area contributed by atoms with Crippen LogP contribution in [0.1, 0.15) is 11.3 Å². The quantitative estimate of drug-likeness (QED) is 0.919. The summed E-state index contributed by atoms with van der Waals surface area (Å²) in [7, 11) is 1.86. The lowest BCUT2D eigenvalue weighted by Gasteiger charge is -2.37. The summed E-state index contributed by atoms with van der Waals surface area (Å²) in [5.41, 5.74) is 2.83. The Hall–Kier alpha value is -1.92. The number of rotatable bonds is 3. The predicted molar refractivity (Wildman–Crippen MR) is 78.1 cm³/mol. The zero-order valence-corrected chi connectivity index (χ0v) is 12.2. The molecule has 3 rings (SSSR count). The Balaban J connectivity index is 1.75. The molecule has 0 aliphatic carbocycles. The summed E-state index contributed by atoms with van der Waals surface area (Å²) in [6.07, 6.45) is 0. The Morgan fingerprint density at radius 1 is 1.48 bits per heavy atom. The summed E-state index contributed by atoms with van der Waals surface area (Å²) in [5, 5.41) is 14.2. The number of aryl methyl sites for hydroxylation is 1. The molecular weight excluding hydrogens is 270 g/mol. The largest absolute Gasteiger partial charge is 0.480 e. The van der Waals surface area contributed by atoms with Gasteiger partial charge in [-0.1, -0.05) is 11.2 Å². The molecule has 21 heavy (non-hydrogen) atoms. The molecule has 6 heteroatoms. The normalized spacial score (nSPS) is 21.0. The number of carboxylic acids is 1. The van der Waals surface area contributed by atoms with Gasteiger partial charge in [-0.15, -0.1) is 0 Å². The third-order valence-corrected chi connectivity index (χ3v) is 4.14. The molecule has 1 aliphatic heterocycles. The molecule has 1 N–H and O–H groups in total. The van der Waals surface area contributed by atoms with E-state index in [0.29, 0.717) is 6.54 Å². The Bertz CT molecular complexity index is 667. The monoisotopic (exact) mass is 289 g/mol. The Kier molecular flexibility index (Phi) is 3.65. The molecule has 2 heterocycles. The van der Waals surface area contributed by atoms with Crippen molar-refractivity contribution in [3.05, 3.63) is 29.5 Å². The average molecular weight is 289 g/mol. The van der Waals surface area contributed by atoms with Crippen LogP contribution in [0, 0.1) is 6.92 Å². The lowest BCUT2D eigenvalue weighted by Crippen LogP contribution is -2.54. The average Bonchev–Trinajstić information content (AvgIpc) is 2.82. The second kappa shape index (κ2) is 5.46. The van der Waals surface area contributed by atoms with Crippen molar-refractivity contribution >= 4 is 16.9 Å². The maximum atomic E-state index is 11.3. The van der Waals surface area contributed by atoms with Gasteiger partial charge in [0.15, 0.2) is 5.58 Å². The topological polar surface area (TPSA) is 69.8 Å². The number of carboxylic acid groups (broad SMARTS) is 1. The molecule has 1 atom stereocenters. The molecular formula is C15H19N3O3. The first kappa shape index (κ1) is 14.0. The van der Waals surface area contributed by atoms with Crippen molar-refractivity contribution in [3.63, 3.8) is 0 Å². The van der Waals surface area contributed by atoms with Crippen LogP contribution >= 0.6 is 0 Å². The second-order valence-corrected chi connectivity index (χ2v) is 5.67. The minimum Gasteiger partial charge on any atom is -0.480 e. The number of aliphatic carboxylic acids is 1. The summed E-state index contributed by atoms with van der Waals surface area (Å²) in [4.78, 5) is 15.3. The van der Waals surface area contributed by atoms with Gasteiger partial charge in [0.1, 0.15) is 6.04 Å². The zero-order valence-electron chi connectivity index (χ0n) is 12.2. The van der Waals surface area contributed by atoms with Crippen LogP contribution in [0.4, 0.5) is 0 Å². The maximum absolute atomic E-state index is 11.3. The van der Waals surface area contributed by atoms with Crippen LogP contribution in [0.15, 0.2) is 22.7 Å². The van der Waals surface area contributed by atoms with E-state index in [2.05, 4.69) is 16.1 Å². The molecule has 6 nitrogen and oxygen atoms in total. The molecule has 2 aromatic rings. The van der Waals surface area contributed by atoms with Crippen molar-refractivity contribution in [2.75, 3.05) is 26.7 Å². The van der Waals surface area contributed by atoms with Crippen LogP contribution in [0.25, 0.3) is 11.0 Å². The SMILES string of the molecule is Cc1noc2ccc(CN3CCN(C)C(C(=O)O)C3)cc12. The first-order valence-electron chi connectivity index (χ1n) is 7.05. The second-order valence-electron chi connectivity index (χ2n) is 5.67. The van der Waals surface area contributed by atoms with Gasteiger partial charge in [0, 0.05) is 31.6 Å². The summed E-state index contributed by atoms with van der Waals surface area (Å²) in [5.74, 6) is -0.757. The van der Waals surface area contributed by atoms with Crippen molar-refractivity contribution in [1.82, 2.24) is 15.0 Å². The molecule has 1 aromatic heterocycles. The Labute approximate surface area is 122 Å². The highest BCUT2D eigenvalue weighted by Crippen LogP contribution is 2.21. The van der Waals surface area contributed by atoms with E-state index in [4.69, 9.17) is 4.52 Å². The van der Waals surface area contributed by atoms with Gasteiger partial charge in [0.05, 0.1) is 5.69 Å². The molecule has 1 aromatic carbocycles. The molecule has 0 spiro atoms. The number of nitrogens with zero attached hydrogens (tertiary/aromatic N) is 3. The number of hydrogen-bond donors (Lipinski definition) is 1. The van der Waals surface area contributed by atoms with E-state index in [0.717, 1.165) is 41.9 Å². The van der Waals surface area contributed by atoms with Gasteiger partial charge in [-0.05, 0) is 31.7 Å². The predicted octanol–water partition coefficient (Wildman–Crippen LogP) is 1.34. The van der Waals surface area contributed by atoms with Crippen molar-refractivity contribution in [1.29, 1.82) is 0 Å². The molecule has 1 unspecified atom stereocenters. The fraction of sp³-hybridized carbons (Fsp3) is 0.467. The molecule has 0 amide bonds. The molecule has 1 fully saturated rings. The van der Waals surface area contributed by atoms with Crippen LogP contribution in [0.3, 0.4) is 0 Å². The van der Waals surface area contributed by atoms with Gasteiger partial charge in [-0.3, -0.25) is 14.6 Å². The maximum Gasteiger partial charge on any atom is 0.322 e. The van der Waals surface area contributed by atoms with E-state index in [9.17, 15) is 9.90 Å². The van der Waals surface area contributed by atoms with E-state index < -0.39 is 12.0 Å². The summed E-state index contributed by atoms with van der Waals surface area (Å²) < 4.78 is 5.21. The number of likely N-dealkylation sites (N-methyl/N-ethyl adjacent to an activating group) is 1. The van der Waals surface area contributed by atoms with E-state index in [-0.39, 0.29) is 0 Å². The van der Waals surface area contributed by atoms with Crippen LogP contribution in [0.5, 0.6) is 0 Å². The summed E-state index contributed by atoms with van der Waals surface area (Å²) >= 11 is 0. The van der Waals surface area contributed by atoms with Crippen molar-refractivity contribution in [2.45, 2.75) is 19.5 Å². The lowest BCUT2D eigenvalue weighted by atomic mass is 10.1. The highest BCUT2D eigenvalue weighted by molar-refractivity contribution is 5.79. The third kappa shape index (κ3) is 2.77. The molecule has 1 aliphatic rings. The van der Waals surface area contributed by atoms with Gasteiger partial charge in [0.2, 0.25) is 0 Å². The lowest BCUT2D eigenvalue weighted by molar-refractivity contribution is -0.145. The fourth-order valence-corrected chi connectivity index (χ4v) is 2.80. The van der Waals surface area contributed by atoms with Crippen molar-refractivity contribution in [3.8, 4) is 0 Å². The molecule has 0 bridgehead atoms. The number of piperazine rings is 1. The van der Waals surface area contributed by atoms with E-state index in [1.807, 2.05) is 31.0 Å². The van der Waals surface area contributed by atoms with E-state index in [1.165, 1.54) is 0 Å². The number of fused-ring (bicyclic) bond motifs is 1. The van der Waals surface area contributed by atoms with Crippen LogP contribution < -0.4 is 0 Å². The number of carbonyl (C=O) groups is 1. The van der Waals surface area contributed by atoms with Crippen LogP contribution in [0.2, 0.25) is 0 Å². The smallest absolute Gasteiger partial charge is 0.322 e. The number of benzene rings is 1. The van der Waals surface area contributed by atoms with Crippen LogP contribution in [-0.4, -0.2) is 58.8 Å². The van der Waals surface area contributed by atoms with Crippen molar-refractivity contribution in [2.24, 2.45) is 0 Å². The van der Waals surface area contributed by atoms with Crippen molar-refractivity contribution < 1.29 is 14.4 Å². The van der Waals surface area contributed by atoms with Gasteiger partial charge >= 0.3 is 5.97 Å². The van der Waals surface area contributed by atoms with Gasteiger partial charge in [0.25, 0.3) is 0 Å². The number of hydrogen-bond acceptors (Lipinski definition) is 5. The highest BCUT2D eigenvalue weighted by atomic mass is 16.5. The van der Waals surface area contributed by atoms with Gasteiger partial charge < -0.3 is 9.63 Å². The van der Waals surface area contributed by atoms with E-state index >= 15 is 0 Å². The Morgan fingerprint density at radius 2 is 2.29 bits per heavy atom. The van der Waals surface area contributed by atoms with E-state index in [1.54, 1.807) is 0 Å². The molecule has 0 saturated carbocycles. The summed E-state index contributed by atoms with van der Waals surface area (Å²) in [6.45, 7) is 4.86. The minimum absolute atomic E-state index is 0.431. The standard InChI is InChI=1S/C15H19N3O3/c1-10-12-7-11(3-4-14(12)21-16-10)8-18-6-5-17(2)13(9-18)15(19)20/h3-4,7,13H,5-6,8-9H2,1-2H3,(H,19,20). The van der Waals surface area contributed by atoms with Crippen LogP contribution in [-0.2, 0) is 11.3 Å².